The lowest BCUT2D eigenvalue weighted by atomic mass is 10.2. The SMILES string of the molecule is C=C(/C=C/c1ccc([N+](=O)[O-])cc1)O[Si](C)(C)C. The van der Waals surface area contributed by atoms with E-state index in [0.29, 0.717) is 5.76 Å². The molecule has 0 saturated carbocycles. The second-order valence-electron chi connectivity index (χ2n) is 4.86. The Morgan fingerprint density at radius 3 is 2.33 bits per heavy atom. The van der Waals surface area contributed by atoms with Crippen molar-refractivity contribution >= 4 is 20.1 Å². The van der Waals surface area contributed by atoms with E-state index in [1.54, 1.807) is 18.2 Å². The maximum atomic E-state index is 10.5. The molecule has 96 valence electrons. The standard InChI is InChI=1S/C13H17NO3Si/c1-11(17-18(2,3)4)5-6-12-7-9-13(10-8-12)14(15)16/h5-10H,1H2,2-4H3/b6-5+. The number of nitro groups is 1. The highest BCUT2D eigenvalue weighted by molar-refractivity contribution is 6.70. The third kappa shape index (κ3) is 4.97. The van der Waals surface area contributed by atoms with Crippen LogP contribution in [0.3, 0.4) is 0 Å². The van der Waals surface area contributed by atoms with Crippen molar-refractivity contribution in [3.05, 3.63) is 58.4 Å². The van der Waals surface area contributed by atoms with Crippen molar-refractivity contribution in [1.29, 1.82) is 0 Å². The van der Waals surface area contributed by atoms with Gasteiger partial charge in [0.05, 0.1) is 10.7 Å². The van der Waals surface area contributed by atoms with Gasteiger partial charge in [0.25, 0.3) is 5.69 Å². The van der Waals surface area contributed by atoms with Crippen LogP contribution in [0.2, 0.25) is 19.6 Å². The first-order valence-corrected chi connectivity index (χ1v) is 8.99. The molecule has 0 aliphatic carbocycles. The number of nitro benzene ring substituents is 1. The molecule has 5 heteroatoms. The van der Waals surface area contributed by atoms with E-state index >= 15 is 0 Å². The molecule has 0 fully saturated rings. The van der Waals surface area contributed by atoms with Crippen molar-refractivity contribution < 1.29 is 9.35 Å². The van der Waals surface area contributed by atoms with Gasteiger partial charge in [-0.05, 0) is 43.4 Å². The average Bonchev–Trinajstić information content (AvgIpc) is 2.24. The second kappa shape index (κ2) is 5.64. The topological polar surface area (TPSA) is 52.4 Å². The zero-order valence-electron chi connectivity index (χ0n) is 10.8. The summed E-state index contributed by atoms with van der Waals surface area (Å²) >= 11 is 0. The van der Waals surface area contributed by atoms with Crippen LogP contribution in [0.1, 0.15) is 5.56 Å². The average molecular weight is 263 g/mol. The Hall–Kier alpha value is -1.88. The van der Waals surface area contributed by atoms with Gasteiger partial charge >= 0.3 is 0 Å². The number of hydrogen-bond donors (Lipinski definition) is 0. The fourth-order valence-electron chi connectivity index (χ4n) is 1.32. The molecule has 1 rings (SSSR count). The van der Waals surface area contributed by atoms with E-state index in [9.17, 15) is 10.1 Å². The van der Waals surface area contributed by atoms with Gasteiger partial charge in [0.1, 0.15) is 0 Å². The highest BCUT2D eigenvalue weighted by Crippen LogP contribution is 2.15. The molecule has 0 bridgehead atoms. The lowest BCUT2D eigenvalue weighted by Crippen LogP contribution is -2.23. The van der Waals surface area contributed by atoms with Crippen molar-refractivity contribution in [2.75, 3.05) is 0 Å². The van der Waals surface area contributed by atoms with Gasteiger partial charge in [0, 0.05) is 12.1 Å². The second-order valence-corrected chi connectivity index (χ2v) is 9.29. The number of benzene rings is 1. The van der Waals surface area contributed by atoms with Gasteiger partial charge in [-0.3, -0.25) is 10.1 Å². The Kier molecular flexibility index (Phi) is 4.44. The third-order valence-corrected chi connectivity index (χ3v) is 2.88. The summed E-state index contributed by atoms with van der Waals surface area (Å²) in [6.45, 7) is 10.1. The highest BCUT2D eigenvalue weighted by Gasteiger charge is 2.15. The summed E-state index contributed by atoms with van der Waals surface area (Å²) in [5.74, 6) is 0.618. The molecular weight excluding hydrogens is 246 g/mol. The zero-order valence-corrected chi connectivity index (χ0v) is 11.8. The molecule has 0 heterocycles. The van der Waals surface area contributed by atoms with E-state index < -0.39 is 13.2 Å². The lowest BCUT2D eigenvalue weighted by Gasteiger charge is -2.18. The van der Waals surface area contributed by atoms with Gasteiger partial charge in [-0.15, -0.1) is 0 Å². The minimum atomic E-state index is -1.62. The molecule has 0 unspecified atom stereocenters. The number of non-ortho nitro benzene ring substituents is 1. The van der Waals surface area contributed by atoms with Crippen molar-refractivity contribution in [2.45, 2.75) is 19.6 Å². The van der Waals surface area contributed by atoms with E-state index in [1.165, 1.54) is 12.1 Å². The Labute approximate surface area is 108 Å². The molecular formula is C13H17NO3Si. The van der Waals surface area contributed by atoms with Crippen molar-refractivity contribution in [1.82, 2.24) is 0 Å². The van der Waals surface area contributed by atoms with Crippen LogP contribution in [0, 0.1) is 10.1 Å². The summed E-state index contributed by atoms with van der Waals surface area (Å²) in [7, 11) is -1.62. The van der Waals surface area contributed by atoms with Gasteiger partial charge in [-0.2, -0.15) is 0 Å². The largest absolute Gasteiger partial charge is 0.545 e. The Balaban J connectivity index is 2.67. The van der Waals surface area contributed by atoms with Crippen molar-refractivity contribution in [3.63, 3.8) is 0 Å². The predicted molar refractivity (Wildman–Crippen MR) is 75.7 cm³/mol. The van der Waals surface area contributed by atoms with Crippen LogP contribution in [0.4, 0.5) is 5.69 Å². The summed E-state index contributed by atoms with van der Waals surface area (Å²) in [6, 6.07) is 6.33. The molecule has 0 aliphatic rings. The first-order valence-electron chi connectivity index (χ1n) is 5.58. The predicted octanol–water partition coefficient (Wildman–Crippen LogP) is 3.97. The Bertz CT molecular complexity index is 472. The minimum Gasteiger partial charge on any atom is -0.545 e. The number of hydrogen-bond acceptors (Lipinski definition) is 3. The summed E-state index contributed by atoms with van der Waals surface area (Å²) in [6.07, 6.45) is 3.60. The first kappa shape index (κ1) is 14.2. The molecule has 0 aromatic heterocycles. The van der Waals surface area contributed by atoms with Gasteiger partial charge in [0.15, 0.2) is 0 Å². The van der Waals surface area contributed by atoms with Gasteiger partial charge in [0.2, 0.25) is 8.32 Å². The van der Waals surface area contributed by atoms with Crippen LogP contribution in [-0.2, 0) is 4.43 Å². The van der Waals surface area contributed by atoms with Crippen LogP contribution >= 0.6 is 0 Å². The molecule has 0 N–H and O–H groups in total. The fraction of sp³-hybridized carbons (Fsp3) is 0.231. The van der Waals surface area contributed by atoms with E-state index in [4.69, 9.17) is 4.43 Å². The van der Waals surface area contributed by atoms with Crippen molar-refractivity contribution in [3.8, 4) is 0 Å². The molecule has 0 aliphatic heterocycles. The van der Waals surface area contributed by atoms with E-state index in [-0.39, 0.29) is 5.69 Å². The molecule has 0 saturated heterocycles. The van der Waals surface area contributed by atoms with Crippen LogP contribution in [0.15, 0.2) is 42.7 Å². The molecule has 0 radical (unpaired) electrons. The Morgan fingerprint density at radius 1 is 1.33 bits per heavy atom. The number of rotatable bonds is 5. The van der Waals surface area contributed by atoms with Gasteiger partial charge in [-0.25, -0.2) is 0 Å². The maximum absolute atomic E-state index is 10.5. The highest BCUT2D eigenvalue weighted by atomic mass is 28.4. The molecule has 0 spiro atoms. The third-order valence-electron chi connectivity index (χ3n) is 2.00. The molecule has 0 amide bonds. The van der Waals surface area contributed by atoms with Crippen LogP contribution in [0.25, 0.3) is 6.08 Å². The number of nitrogens with zero attached hydrogens (tertiary/aromatic N) is 1. The summed E-state index contributed by atoms with van der Waals surface area (Å²) in [4.78, 5) is 10.1. The van der Waals surface area contributed by atoms with E-state index in [2.05, 4.69) is 26.2 Å². The van der Waals surface area contributed by atoms with E-state index in [1.807, 2.05) is 6.08 Å². The number of allylic oxidation sites excluding steroid dienone is 1. The van der Waals surface area contributed by atoms with Crippen molar-refractivity contribution in [2.24, 2.45) is 0 Å². The lowest BCUT2D eigenvalue weighted by molar-refractivity contribution is -0.384. The molecule has 18 heavy (non-hydrogen) atoms. The molecule has 1 aromatic rings. The van der Waals surface area contributed by atoms with E-state index in [0.717, 1.165) is 5.56 Å². The summed E-state index contributed by atoms with van der Waals surface area (Å²) < 4.78 is 5.67. The van der Waals surface area contributed by atoms with Gasteiger partial charge < -0.3 is 4.43 Å². The minimum absolute atomic E-state index is 0.0873. The monoisotopic (exact) mass is 263 g/mol. The summed E-state index contributed by atoms with van der Waals surface area (Å²) in [5.41, 5.74) is 0.963. The Morgan fingerprint density at radius 2 is 1.89 bits per heavy atom. The summed E-state index contributed by atoms with van der Waals surface area (Å²) in [5, 5.41) is 10.5. The van der Waals surface area contributed by atoms with Crippen LogP contribution in [0.5, 0.6) is 0 Å². The molecule has 1 aromatic carbocycles. The van der Waals surface area contributed by atoms with Crippen LogP contribution < -0.4 is 0 Å². The van der Waals surface area contributed by atoms with Crippen LogP contribution in [-0.4, -0.2) is 13.2 Å². The molecule has 0 atom stereocenters. The molecule has 4 nitrogen and oxygen atoms in total. The smallest absolute Gasteiger partial charge is 0.269 e. The maximum Gasteiger partial charge on any atom is 0.269 e. The zero-order chi connectivity index (χ0) is 13.8. The first-order chi connectivity index (χ1) is 8.28. The quantitative estimate of drug-likeness (QED) is 0.265. The van der Waals surface area contributed by atoms with Gasteiger partial charge in [-0.1, -0.05) is 12.7 Å². The normalized spacial score (nSPS) is 11.5. The fourth-order valence-corrected chi connectivity index (χ4v) is 2.18.